The van der Waals surface area contributed by atoms with Crippen LogP contribution < -0.4 is 0 Å². The van der Waals surface area contributed by atoms with E-state index in [1.165, 1.54) is 6.92 Å². The Morgan fingerprint density at radius 1 is 1.19 bits per heavy atom. The van der Waals surface area contributed by atoms with Crippen LogP contribution in [0.2, 0.25) is 0 Å². The Bertz CT molecular complexity index is 388. The van der Waals surface area contributed by atoms with E-state index in [1.54, 1.807) is 0 Å². The second-order valence-electron chi connectivity index (χ2n) is 3.48. The summed E-state index contributed by atoms with van der Waals surface area (Å²) in [6, 6.07) is 1.72. The molecule has 0 heterocycles. The molecule has 0 amide bonds. The average Bonchev–Trinajstić information content (AvgIpc) is 2.19. The van der Waals surface area contributed by atoms with Gasteiger partial charge in [0.25, 0.3) is 0 Å². The van der Waals surface area contributed by atoms with Gasteiger partial charge >= 0.3 is 6.18 Å². The first-order chi connectivity index (χ1) is 7.29. The highest BCUT2D eigenvalue weighted by atomic mass is 19.4. The zero-order chi connectivity index (χ0) is 12.5. The monoisotopic (exact) mass is 236 g/mol. The van der Waals surface area contributed by atoms with E-state index in [1.807, 2.05) is 0 Å². The fourth-order valence-electron chi connectivity index (χ4n) is 1.32. The molecule has 90 valence electrons. The maximum Gasteiger partial charge on any atom is 0.420 e. The van der Waals surface area contributed by atoms with Crippen molar-refractivity contribution in [3.8, 4) is 11.5 Å². The minimum absolute atomic E-state index is 0.0769. The molecule has 6 heteroatoms. The van der Waals surface area contributed by atoms with Crippen LogP contribution in [0, 0.1) is 0 Å². The van der Waals surface area contributed by atoms with Crippen molar-refractivity contribution in [2.45, 2.75) is 19.0 Å². The number of halogens is 3. The van der Waals surface area contributed by atoms with Gasteiger partial charge in [-0.1, -0.05) is 13.0 Å². The zero-order valence-electron chi connectivity index (χ0n) is 8.41. The Kier molecular flexibility index (Phi) is 3.32. The van der Waals surface area contributed by atoms with Crippen LogP contribution in [-0.4, -0.2) is 21.9 Å². The molecule has 1 aromatic carbocycles. The van der Waals surface area contributed by atoms with Crippen LogP contribution in [0.4, 0.5) is 13.2 Å². The largest absolute Gasteiger partial charge is 0.504 e. The van der Waals surface area contributed by atoms with Gasteiger partial charge in [-0.3, -0.25) is 0 Å². The molecule has 16 heavy (non-hydrogen) atoms. The van der Waals surface area contributed by atoms with Crippen molar-refractivity contribution < 1.29 is 28.5 Å². The highest BCUT2D eigenvalue weighted by Gasteiger charge is 2.35. The zero-order valence-corrected chi connectivity index (χ0v) is 8.41. The molecule has 0 aliphatic carbocycles. The standard InChI is InChI=1S/C10H11F3O3/c1-5(4-14)6-2-3-7(10(11,12)13)9(16)8(6)15/h2-3,5,14-16H,4H2,1H3. The van der Waals surface area contributed by atoms with E-state index >= 15 is 0 Å². The Hall–Kier alpha value is -1.43. The summed E-state index contributed by atoms with van der Waals surface area (Å²) in [4.78, 5) is 0. The minimum Gasteiger partial charge on any atom is -0.504 e. The molecular weight excluding hydrogens is 225 g/mol. The van der Waals surface area contributed by atoms with Gasteiger partial charge in [-0.2, -0.15) is 13.2 Å². The van der Waals surface area contributed by atoms with Crippen LogP contribution >= 0.6 is 0 Å². The van der Waals surface area contributed by atoms with Crippen molar-refractivity contribution in [1.82, 2.24) is 0 Å². The van der Waals surface area contributed by atoms with Gasteiger partial charge < -0.3 is 15.3 Å². The van der Waals surface area contributed by atoms with Gasteiger partial charge in [0.05, 0.1) is 0 Å². The van der Waals surface area contributed by atoms with E-state index in [2.05, 4.69) is 0 Å². The summed E-state index contributed by atoms with van der Waals surface area (Å²) in [5, 5.41) is 27.4. The molecule has 1 unspecified atom stereocenters. The van der Waals surface area contributed by atoms with Crippen molar-refractivity contribution in [2.75, 3.05) is 6.61 Å². The third-order valence-corrected chi connectivity index (χ3v) is 2.29. The lowest BCUT2D eigenvalue weighted by atomic mass is 9.98. The van der Waals surface area contributed by atoms with Crippen molar-refractivity contribution in [1.29, 1.82) is 0 Å². The van der Waals surface area contributed by atoms with E-state index in [0.29, 0.717) is 6.07 Å². The number of aliphatic hydroxyl groups is 1. The van der Waals surface area contributed by atoms with Crippen LogP contribution in [-0.2, 0) is 6.18 Å². The van der Waals surface area contributed by atoms with Crippen LogP contribution in [0.1, 0.15) is 24.0 Å². The summed E-state index contributed by atoms with van der Waals surface area (Å²) in [6.07, 6.45) is -4.72. The molecule has 0 spiro atoms. The second-order valence-corrected chi connectivity index (χ2v) is 3.48. The number of alkyl halides is 3. The third kappa shape index (κ3) is 2.21. The number of hydrogen-bond donors (Lipinski definition) is 3. The summed E-state index contributed by atoms with van der Waals surface area (Å²) in [5.41, 5.74) is -1.22. The molecule has 1 rings (SSSR count). The number of aliphatic hydroxyl groups excluding tert-OH is 1. The first kappa shape index (κ1) is 12.6. The lowest BCUT2D eigenvalue weighted by molar-refractivity contribution is -0.138. The predicted octanol–water partition coefficient (Wildman–Crippen LogP) is 2.21. The summed E-state index contributed by atoms with van der Waals surface area (Å²) in [7, 11) is 0. The number of aromatic hydroxyl groups is 2. The predicted molar refractivity (Wildman–Crippen MR) is 50.3 cm³/mol. The molecule has 0 aliphatic rings. The van der Waals surface area contributed by atoms with Crippen LogP contribution in [0.15, 0.2) is 12.1 Å². The number of hydrogen-bond acceptors (Lipinski definition) is 3. The fraction of sp³-hybridized carbons (Fsp3) is 0.400. The van der Waals surface area contributed by atoms with Crippen molar-refractivity contribution in [3.63, 3.8) is 0 Å². The van der Waals surface area contributed by atoms with Gasteiger partial charge in [-0.25, -0.2) is 0 Å². The molecule has 0 fully saturated rings. The van der Waals surface area contributed by atoms with Crippen LogP contribution in [0.5, 0.6) is 11.5 Å². The van der Waals surface area contributed by atoms with Gasteiger partial charge in [-0.05, 0) is 6.07 Å². The summed E-state index contributed by atoms with van der Waals surface area (Å²) in [5.74, 6) is -2.59. The van der Waals surface area contributed by atoms with Crippen molar-refractivity contribution in [2.24, 2.45) is 0 Å². The highest BCUT2D eigenvalue weighted by Crippen LogP contribution is 2.43. The van der Waals surface area contributed by atoms with E-state index in [9.17, 15) is 23.4 Å². The normalized spacial score (nSPS) is 13.8. The van der Waals surface area contributed by atoms with E-state index in [4.69, 9.17) is 5.11 Å². The smallest absolute Gasteiger partial charge is 0.420 e. The second kappa shape index (κ2) is 4.21. The number of benzene rings is 1. The number of phenolic OH excluding ortho intramolecular Hbond substituents is 2. The van der Waals surface area contributed by atoms with Crippen LogP contribution in [0.25, 0.3) is 0 Å². The topological polar surface area (TPSA) is 60.7 Å². The summed E-state index contributed by atoms with van der Waals surface area (Å²) in [6.45, 7) is 1.18. The average molecular weight is 236 g/mol. The van der Waals surface area contributed by atoms with Crippen molar-refractivity contribution in [3.05, 3.63) is 23.3 Å². The van der Waals surface area contributed by atoms with Gasteiger partial charge in [0.1, 0.15) is 5.56 Å². The maximum absolute atomic E-state index is 12.3. The lowest BCUT2D eigenvalue weighted by Gasteiger charge is -2.15. The molecule has 3 nitrogen and oxygen atoms in total. The Morgan fingerprint density at radius 2 is 1.75 bits per heavy atom. The molecule has 0 saturated heterocycles. The van der Waals surface area contributed by atoms with E-state index < -0.39 is 29.2 Å². The first-order valence-corrected chi connectivity index (χ1v) is 4.52. The minimum atomic E-state index is -4.72. The molecule has 1 aromatic rings. The number of rotatable bonds is 2. The quantitative estimate of drug-likeness (QED) is 0.690. The molecule has 0 bridgehead atoms. The van der Waals surface area contributed by atoms with E-state index in [-0.39, 0.29) is 12.2 Å². The molecular formula is C10H11F3O3. The number of phenols is 2. The third-order valence-electron chi connectivity index (χ3n) is 2.29. The van der Waals surface area contributed by atoms with Gasteiger partial charge in [0, 0.05) is 18.1 Å². The lowest BCUT2D eigenvalue weighted by Crippen LogP contribution is -2.07. The molecule has 0 aromatic heterocycles. The Balaban J connectivity index is 3.29. The SMILES string of the molecule is CC(CO)c1ccc(C(F)(F)F)c(O)c1O. The Labute approximate surface area is 89.8 Å². The molecule has 0 radical (unpaired) electrons. The van der Waals surface area contributed by atoms with E-state index in [0.717, 1.165) is 6.07 Å². The molecule has 0 saturated carbocycles. The summed E-state index contributed by atoms with van der Waals surface area (Å²) < 4.78 is 37.0. The fourth-order valence-corrected chi connectivity index (χ4v) is 1.32. The Morgan fingerprint density at radius 3 is 2.19 bits per heavy atom. The molecule has 0 aliphatic heterocycles. The van der Waals surface area contributed by atoms with Gasteiger partial charge in [0.15, 0.2) is 11.5 Å². The van der Waals surface area contributed by atoms with Gasteiger partial charge in [0.2, 0.25) is 0 Å². The maximum atomic E-state index is 12.3. The molecule has 1 atom stereocenters. The highest BCUT2D eigenvalue weighted by molar-refractivity contribution is 5.52. The van der Waals surface area contributed by atoms with Crippen molar-refractivity contribution >= 4 is 0 Å². The molecule has 3 N–H and O–H groups in total. The van der Waals surface area contributed by atoms with Gasteiger partial charge in [-0.15, -0.1) is 0 Å². The summed E-state index contributed by atoms with van der Waals surface area (Å²) >= 11 is 0. The van der Waals surface area contributed by atoms with Crippen LogP contribution in [0.3, 0.4) is 0 Å². The first-order valence-electron chi connectivity index (χ1n) is 4.52.